The van der Waals surface area contributed by atoms with Gasteiger partial charge < -0.3 is 14.8 Å². The van der Waals surface area contributed by atoms with Gasteiger partial charge in [-0.3, -0.25) is 0 Å². The summed E-state index contributed by atoms with van der Waals surface area (Å²) in [5, 5.41) is 9.92. The molecule has 0 spiro atoms. The molecule has 1 aromatic rings. The summed E-state index contributed by atoms with van der Waals surface area (Å²) in [5.74, 6) is 0.364. The van der Waals surface area contributed by atoms with Gasteiger partial charge in [-0.15, -0.1) is 10.2 Å². The summed E-state index contributed by atoms with van der Waals surface area (Å²) in [7, 11) is 0. The maximum atomic E-state index is 12.8. The van der Waals surface area contributed by atoms with Crippen LogP contribution in [0.15, 0.2) is 0 Å². The van der Waals surface area contributed by atoms with Crippen molar-refractivity contribution in [2.24, 2.45) is 11.8 Å². The zero-order valence-electron chi connectivity index (χ0n) is 12.5. The molecule has 0 unspecified atom stereocenters. The van der Waals surface area contributed by atoms with Crippen molar-refractivity contribution in [2.45, 2.75) is 51.0 Å². The topological polar surface area (TPSA) is 63.1 Å². The Hall–Kier alpha value is -1.80. The molecule has 4 rings (SSSR count). The molecule has 2 heterocycles. The van der Waals surface area contributed by atoms with E-state index in [4.69, 9.17) is 0 Å². The van der Waals surface area contributed by atoms with E-state index in [2.05, 4.69) is 15.5 Å². The molecular formula is C14H18F3N5O. The van der Waals surface area contributed by atoms with Gasteiger partial charge in [0.25, 0.3) is 0 Å². The summed E-state index contributed by atoms with van der Waals surface area (Å²) < 4.78 is 39.5. The molecule has 6 nitrogen and oxygen atoms in total. The molecule has 9 heteroatoms. The van der Waals surface area contributed by atoms with Crippen LogP contribution in [0.2, 0.25) is 0 Å². The minimum Gasteiger partial charge on any atom is -0.335 e. The van der Waals surface area contributed by atoms with Crippen LogP contribution in [-0.2, 0) is 19.3 Å². The second-order valence-electron chi connectivity index (χ2n) is 6.66. The van der Waals surface area contributed by atoms with Crippen molar-refractivity contribution in [2.75, 3.05) is 6.54 Å². The normalized spacial score (nSPS) is 21.5. The first kappa shape index (κ1) is 14.8. The third-order valence-corrected chi connectivity index (χ3v) is 4.84. The van der Waals surface area contributed by atoms with Gasteiger partial charge in [0.2, 0.25) is 5.82 Å². The summed E-state index contributed by atoms with van der Waals surface area (Å²) in [6, 6.07) is 0.0321. The molecule has 2 saturated carbocycles. The van der Waals surface area contributed by atoms with Crippen molar-refractivity contribution in [3.05, 3.63) is 11.6 Å². The molecule has 1 N–H and O–H groups in total. The number of fused-ring (bicyclic) bond motifs is 1. The Bertz CT molecular complexity index is 608. The van der Waals surface area contributed by atoms with Crippen molar-refractivity contribution < 1.29 is 18.0 Å². The molecule has 2 fully saturated rings. The van der Waals surface area contributed by atoms with Crippen molar-refractivity contribution in [3.63, 3.8) is 0 Å². The average molecular weight is 329 g/mol. The standard InChI is InChI=1S/C14H18F3N5O/c15-14(16,17)12-20-19-10-7-21(5-6-22(10)12)13(23)18-11(8-1-2-8)9-3-4-9/h8-9,11H,1-7H2,(H,18,23). The maximum absolute atomic E-state index is 12.8. The lowest BCUT2D eigenvalue weighted by Crippen LogP contribution is -2.49. The summed E-state index contributed by atoms with van der Waals surface area (Å²) in [4.78, 5) is 14.0. The molecule has 0 saturated heterocycles. The molecule has 0 bridgehead atoms. The fraction of sp³-hybridized carbons (Fsp3) is 0.786. The Morgan fingerprint density at radius 3 is 2.35 bits per heavy atom. The third-order valence-electron chi connectivity index (χ3n) is 4.84. The molecule has 23 heavy (non-hydrogen) atoms. The van der Waals surface area contributed by atoms with E-state index in [-0.39, 0.29) is 37.5 Å². The SMILES string of the molecule is O=C(NC(C1CC1)C1CC1)N1CCn2c(nnc2C(F)(F)F)C1. The number of alkyl halides is 3. The fourth-order valence-electron chi connectivity index (χ4n) is 3.31. The molecule has 1 aromatic heterocycles. The Balaban J connectivity index is 1.43. The number of amides is 2. The number of urea groups is 1. The smallest absolute Gasteiger partial charge is 0.335 e. The largest absolute Gasteiger partial charge is 0.451 e. The summed E-state index contributed by atoms with van der Waals surface area (Å²) in [5.41, 5.74) is 0. The lowest BCUT2D eigenvalue weighted by atomic mass is 10.1. The van der Waals surface area contributed by atoms with E-state index < -0.39 is 12.0 Å². The highest BCUT2D eigenvalue weighted by molar-refractivity contribution is 5.74. The number of hydrogen-bond acceptors (Lipinski definition) is 3. The number of hydrogen-bond donors (Lipinski definition) is 1. The van der Waals surface area contributed by atoms with Gasteiger partial charge >= 0.3 is 12.2 Å². The lowest BCUT2D eigenvalue weighted by molar-refractivity contribution is -0.147. The first-order chi connectivity index (χ1) is 10.9. The highest BCUT2D eigenvalue weighted by Crippen LogP contribution is 2.44. The van der Waals surface area contributed by atoms with Crippen LogP contribution in [0.25, 0.3) is 0 Å². The summed E-state index contributed by atoms with van der Waals surface area (Å²) in [6.45, 7) is 0.376. The number of aromatic nitrogens is 3. The molecule has 0 atom stereocenters. The molecule has 126 valence electrons. The van der Waals surface area contributed by atoms with Gasteiger partial charge in [-0.2, -0.15) is 13.2 Å². The predicted molar refractivity (Wildman–Crippen MR) is 73.2 cm³/mol. The predicted octanol–water partition coefficient (Wildman–Crippen LogP) is 2.01. The molecule has 2 amide bonds. The minimum absolute atomic E-state index is 0.0664. The van der Waals surface area contributed by atoms with Crippen LogP contribution >= 0.6 is 0 Å². The molecular weight excluding hydrogens is 311 g/mol. The first-order valence-corrected chi connectivity index (χ1v) is 7.98. The highest BCUT2D eigenvalue weighted by Gasteiger charge is 2.43. The fourth-order valence-corrected chi connectivity index (χ4v) is 3.31. The van der Waals surface area contributed by atoms with Gasteiger partial charge in [-0.1, -0.05) is 0 Å². The monoisotopic (exact) mass is 329 g/mol. The van der Waals surface area contributed by atoms with Crippen LogP contribution in [0.4, 0.5) is 18.0 Å². The van der Waals surface area contributed by atoms with E-state index in [1.807, 2.05) is 0 Å². The van der Waals surface area contributed by atoms with Crippen molar-refractivity contribution in [1.29, 1.82) is 0 Å². The Morgan fingerprint density at radius 2 is 1.78 bits per heavy atom. The Morgan fingerprint density at radius 1 is 1.13 bits per heavy atom. The van der Waals surface area contributed by atoms with E-state index in [0.29, 0.717) is 11.8 Å². The Labute approximate surface area is 131 Å². The van der Waals surface area contributed by atoms with Gasteiger partial charge in [0, 0.05) is 19.1 Å². The molecule has 1 aliphatic heterocycles. The van der Waals surface area contributed by atoms with E-state index in [0.717, 1.165) is 30.3 Å². The van der Waals surface area contributed by atoms with Crippen LogP contribution in [0.1, 0.15) is 37.3 Å². The number of carbonyl (C=O) groups excluding carboxylic acids is 1. The van der Waals surface area contributed by atoms with Crippen molar-refractivity contribution in [3.8, 4) is 0 Å². The quantitative estimate of drug-likeness (QED) is 0.923. The second kappa shape index (κ2) is 5.10. The van der Waals surface area contributed by atoms with E-state index in [1.165, 1.54) is 4.90 Å². The molecule has 2 aliphatic carbocycles. The average Bonchev–Trinajstić information content (AvgIpc) is 3.40. The van der Waals surface area contributed by atoms with Crippen LogP contribution in [-0.4, -0.2) is 38.3 Å². The zero-order valence-corrected chi connectivity index (χ0v) is 12.5. The third kappa shape index (κ3) is 2.88. The van der Waals surface area contributed by atoms with E-state index >= 15 is 0 Å². The molecule has 0 radical (unpaired) electrons. The Kier molecular flexibility index (Phi) is 3.28. The lowest BCUT2D eigenvalue weighted by Gasteiger charge is -2.30. The van der Waals surface area contributed by atoms with Crippen LogP contribution in [0, 0.1) is 11.8 Å². The van der Waals surface area contributed by atoms with Crippen molar-refractivity contribution >= 4 is 6.03 Å². The van der Waals surface area contributed by atoms with Crippen LogP contribution in [0.5, 0.6) is 0 Å². The second-order valence-corrected chi connectivity index (χ2v) is 6.66. The number of rotatable bonds is 3. The van der Waals surface area contributed by atoms with Gasteiger partial charge in [0.15, 0.2) is 5.82 Å². The number of nitrogens with zero attached hydrogens (tertiary/aromatic N) is 4. The van der Waals surface area contributed by atoms with Crippen molar-refractivity contribution in [1.82, 2.24) is 25.0 Å². The number of nitrogens with one attached hydrogen (secondary N) is 1. The zero-order chi connectivity index (χ0) is 16.2. The molecule has 0 aromatic carbocycles. The summed E-state index contributed by atoms with van der Waals surface area (Å²) in [6.07, 6.45) is 0.115. The minimum atomic E-state index is -4.52. The number of carbonyl (C=O) groups is 1. The summed E-state index contributed by atoms with van der Waals surface area (Å²) >= 11 is 0. The van der Waals surface area contributed by atoms with Gasteiger partial charge in [0.1, 0.15) is 0 Å². The van der Waals surface area contributed by atoms with E-state index in [1.54, 1.807) is 0 Å². The molecule has 3 aliphatic rings. The number of halogens is 3. The van der Waals surface area contributed by atoms with Gasteiger partial charge in [0.05, 0.1) is 6.54 Å². The maximum Gasteiger partial charge on any atom is 0.451 e. The first-order valence-electron chi connectivity index (χ1n) is 7.98. The highest BCUT2D eigenvalue weighted by atomic mass is 19.4. The van der Waals surface area contributed by atoms with Crippen LogP contribution < -0.4 is 5.32 Å². The van der Waals surface area contributed by atoms with E-state index in [9.17, 15) is 18.0 Å². The van der Waals surface area contributed by atoms with Gasteiger partial charge in [-0.05, 0) is 37.5 Å². The van der Waals surface area contributed by atoms with Crippen LogP contribution in [0.3, 0.4) is 0 Å². The van der Waals surface area contributed by atoms with Gasteiger partial charge in [-0.25, -0.2) is 4.79 Å².